The minimum atomic E-state index is -0.370. The summed E-state index contributed by atoms with van der Waals surface area (Å²) >= 11 is 0. The topological polar surface area (TPSA) is 64.1 Å². The van der Waals surface area contributed by atoms with Gasteiger partial charge in [-0.1, -0.05) is 6.92 Å². The van der Waals surface area contributed by atoms with E-state index in [4.69, 9.17) is 9.15 Å². The second kappa shape index (κ2) is 6.34. The van der Waals surface area contributed by atoms with Crippen molar-refractivity contribution in [2.75, 3.05) is 13.1 Å². The average molecular weight is 318 g/mol. The van der Waals surface area contributed by atoms with E-state index in [2.05, 4.69) is 13.8 Å². The first kappa shape index (κ1) is 16.0. The van der Waals surface area contributed by atoms with Crippen molar-refractivity contribution in [1.29, 1.82) is 0 Å². The molecule has 23 heavy (non-hydrogen) atoms. The molecule has 1 aromatic carbocycles. The monoisotopic (exact) mass is 318 g/mol. The maximum atomic E-state index is 11.9. The van der Waals surface area contributed by atoms with Gasteiger partial charge in [-0.25, -0.2) is 4.79 Å². The highest BCUT2D eigenvalue weighted by atomic mass is 16.5. The molecule has 3 rings (SSSR count). The number of quaternary nitrogens is 1. The molecule has 124 valence electrons. The van der Waals surface area contributed by atoms with Gasteiger partial charge in [0.25, 0.3) is 0 Å². The molecule has 0 radical (unpaired) electrons. The van der Waals surface area contributed by atoms with Crippen LogP contribution in [0.1, 0.15) is 31.9 Å². The van der Waals surface area contributed by atoms with E-state index in [1.165, 1.54) is 4.90 Å². The summed E-state index contributed by atoms with van der Waals surface area (Å²) in [5, 5.41) is 10.9. The highest BCUT2D eigenvalue weighted by molar-refractivity contribution is 5.82. The SMILES string of the molecule is CCc1cc2c(C[NH+]3C[C@H](C)O[C@@H](C)C3)cc(=O)oc2cc1O. The van der Waals surface area contributed by atoms with E-state index in [0.29, 0.717) is 5.58 Å². The first-order chi connectivity index (χ1) is 11.0. The number of ether oxygens (including phenoxy) is 1. The normalized spacial score (nSPS) is 24.9. The number of aromatic hydroxyl groups is 1. The molecule has 0 amide bonds. The predicted octanol–water partition coefficient (Wildman–Crippen LogP) is 1.25. The molecular formula is C18H24NO4+. The van der Waals surface area contributed by atoms with E-state index in [-0.39, 0.29) is 23.6 Å². The second-order valence-corrected chi connectivity index (χ2v) is 6.51. The van der Waals surface area contributed by atoms with E-state index in [1.807, 2.05) is 13.0 Å². The zero-order valence-corrected chi connectivity index (χ0v) is 13.9. The predicted molar refractivity (Wildman–Crippen MR) is 87.9 cm³/mol. The van der Waals surface area contributed by atoms with Gasteiger partial charge in [-0.15, -0.1) is 0 Å². The van der Waals surface area contributed by atoms with Crippen LogP contribution in [0.25, 0.3) is 11.0 Å². The number of phenols is 1. The number of nitrogens with one attached hydrogen (secondary N) is 1. The van der Waals surface area contributed by atoms with Gasteiger partial charge in [-0.3, -0.25) is 0 Å². The third-order valence-corrected chi connectivity index (χ3v) is 4.47. The lowest BCUT2D eigenvalue weighted by Crippen LogP contribution is -3.14. The van der Waals surface area contributed by atoms with Crippen molar-refractivity contribution in [1.82, 2.24) is 0 Å². The summed E-state index contributed by atoms with van der Waals surface area (Å²) < 4.78 is 11.0. The van der Waals surface area contributed by atoms with Crippen molar-refractivity contribution in [3.63, 3.8) is 0 Å². The lowest BCUT2D eigenvalue weighted by atomic mass is 10.0. The fourth-order valence-corrected chi connectivity index (χ4v) is 3.54. The van der Waals surface area contributed by atoms with Crippen molar-refractivity contribution >= 4 is 11.0 Å². The minimum absolute atomic E-state index is 0.182. The van der Waals surface area contributed by atoms with E-state index in [1.54, 1.807) is 12.1 Å². The average Bonchev–Trinajstić information content (AvgIpc) is 2.45. The molecule has 1 aliphatic rings. The number of hydrogen-bond donors (Lipinski definition) is 2. The fourth-order valence-electron chi connectivity index (χ4n) is 3.54. The van der Waals surface area contributed by atoms with Crippen LogP contribution < -0.4 is 10.5 Å². The standard InChI is InChI=1S/C18H23NO4/c1-4-13-5-15-14(6-18(21)23-17(15)7-16(13)20)10-19-8-11(2)22-12(3)9-19/h5-7,11-12,20H,4,8-10H2,1-3H3/p+1/t11-,12-/m0/s1. The smallest absolute Gasteiger partial charge is 0.336 e. The Bertz CT molecular complexity index is 757. The highest BCUT2D eigenvalue weighted by Gasteiger charge is 2.26. The van der Waals surface area contributed by atoms with Gasteiger partial charge >= 0.3 is 5.63 Å². The van der Waals surface area contributed by atoms with Gasteiger partial charge in [0.15, 0.2) is 0 Å². The molecule has 0 spiro atoms. The molecule has 0 unspecified atom stereocenters. The molecule has 5 nitrogen and oxygen atoms in total. The second-order valence-electron chi connectivity index (χ2n) is 6.51. The Morgan fingerprint density at radius 2 is 1.87 bits per heavy atom. The molecule has 2 heterocycles. The third-order valence-electron chi connectivity index (χ3n) is 4.47. The van der Waals surface area contributed by atoms with Gasteiger partial charge in [-0.05, 0) is 31.9 Å². The number of benzene rings is 1. The van der Waals surface area contributed by atoms with Crippen LogP contribution in [0.15, 0.2) is 27.4 Å². The number of fused-ring (bicyclic) bond motifs is 1. The minimum Gasteiger partial charge on any atom is -0.508 e. The van der Waals surface area contributed by atoms with Crippen molar-refractivity contribution < 1.29 is 19.2 Å². The van der Waals surface area contributed by atoms with Crippen molar-refractivity contribution in [3.8, 4) is 5.75 Å². The number of hydrogen-bond acceptors (Lipinski definition) is 4. The number of morpholine rings is 1. The first-order valence-electron chi connectivity index (χ1n) is 8.24. The number of aryl methyl sites for hydroxylation is 1. The first-order valence-corrected chi connectivity index (χ1v) is 8.24. The van der Waals surface area contributed by atoms with E-state index in [0.717, 1.165) is 42.6 Å². The van der Waals surface area contributed by atoms with Gasteiger partial charge < -0.3 is 19.2 Å². The van der Waals surface area contributed by atoms with Crippen molar-refractivity contribution in [2.24, 2.45) is 0 Å². The quantitative estimate of drug-likeness (QED) is 0.836. The van der Waals surface area contributed by atoms with E-state index >= 15 is 0 Å². The summed E-state index contributed by atoms with van der Waals surface area (Å²) in [6, 6.07) is 5.07. The Morgan fingerprint density at radius 1 is 1.17 bits per heavy atom. The van der Waals surface area contributed by atoms with Gasteiger partial charge in [-0.2, -0.15) is 0 Å². The Balaban J connectivity index is 2.00. The van der Waals surface area contributed by atoms with Crippen molar-refractivity contribution in [2.45, 2.75) is 45.9 Å². The van der Waals surface area contributed by atoms with Crippen LogP contribution in [-0.4, -0.2) is 30.4 Å². The summed E-state index contributed by atoms with van der Waals surface area (Å²) in [5.74, 6) is 0.182. The molecule has 2 atom stereocenters. The van der Waals surface area contributed by atoms with Gasteiger partial charge in [0.2, 0.25) is 0 Å². The Hall–Kier alpha value is -1.85. The van der Waals surface area contributed by atoms with E-state index in [9.17, 15) is 9.90 Å². The summed E-state index contributed by atoms with van der Waals surface area (Å²) in [6.07, 6.45) is 1.17. The number of phenolic OH excluding ortho intramolecular Hbond substituents is 1. The maximum Gasteiger partial charge on any atom is 0.336 e. The molecule has 0 bridgehead atoms. The lowest BCUT2D eigenvalue weighted by molar-refractivity contribution is -0.928. The molecule has 0 saturated carbocycles. The Labute approximate surface area is 135 Å². The van der Waals surface area contributed by atoms with Crippen LogP contribution in [0.4, 0.5) is 0 Å². The van der Waals surface area contributed by atoms with Crippen LogP contribution in [-0.2, 0) is 17.7 Å². The molecule has 2 aromatic rings. The highest BCUT2D eigenvalue weighted by Crippen LogP contribution is 2.26. The molecule has 1 aromatic heterocycles. The molecule has 0 aliphatic carbocycles. The fraction of sp³-hybridized carbons (Fsp3) is 0.500. The third kappa shape index (κ3) is 3.41. The van der Waals surface area contributed by atoms with Gasteiger partial charge in [0.1, 0.15) is 43.2 Å². The molecule has 1 fully saturated rings. The molecule has 1 aliphatic heterocycles. The van der Waals surface area contributed by atoms with Gasteiger partial charge in [0.05, 0.1) is 0 Å². The molecule has 2 N–H and O–H groups in total. The largest absolute Gasteiger partial charge is 0.508 e. The van der Waals surface area contributed by atoms with Crippen LogP contribution in [0.2, 0.25) is 0 Å². The van der Waals surface area contributed by atoms with Crippen LogP contribution >= 0.6 is 0 Å². The van der Waals surface area contributed by atoms with Gasteiger partial charge in [0, 0.05) is 23.1 Å². The molecular weight excluding hydrogens is 294 g/mol. The van der Waals surface area contributed by atoms with Crippen LogP contribution in [0.5, 0.6) is 5.75 Å². The van der Waals surface area contributed by atoms with Crippen LogP contribution in [0.3, 0.4) is 0 Å². The summed E-state index contributed by atoms with van der Waals surface area (Å²) in [7, 11) is 0. The maximum absolute atomic E-state index is 11.9. The summed E-state index contributed by atoms with van der Waals surface area (Å²) in [6.45, 7) is 8.76. The zero-order chi connectivity index (χ0) is 16.6. The van der Waals surface area contributed by atoms with Crippen LogP contribution in [0, 0.1) is 0 Å². The number of rotatable bonds is 3. The Morgan fingerprint density at radius 3 is 2.52 bits per heavy atom. The Kier molecular flexibility index (Phi) is 4.41. The van der Waals surface area contributed by atoms with E-state index < -0.39 is 0 Å². The summed E-state index contributed by atoms with van der Waals surface area (Å²) in [4.78, 5) is 13.3. The zero-order valence-electron chi connectivity index (χ0n) is 13.9. The summed E-state index contributed by atoms with van der Waals surface area (Å²) in [5.41, 5.74) is 1.93. The van der Waals surface area contributed by atoms with Crippen molar-refractivity contribution in [3.05, 3.63) is 39.7 Å². The molecule has 5 heteroatoms. The lowest BCUT2D eigenvalue weighted by Gasteiger charge is -2.32. The molecule has 1 saturated heterocycles.